The minimum Gasteiger partial charge on any atom is -0.478 e. The van der Waals surface area contributed by atoms with Crippen molar-refractivity contribution in [2.45, 2.75) is 17.8 Å². The number of hydrogen-bond donors (Lipinski definition) is 1. The van der Waals surface area contributed by atoms with Crippen LogP contribution in [0.5, 0.6) is 0 Å². The molecule has 0 saturated heterocycles. The van der Waals surface area contributed by atoms with E-state index in [0.717, 1.165) is 0 Å². The Morgan fingerprint density at radius 2 is 1.80 bits per heavy atom. The van der Waals surface area contributed by atoms with E-state index in [1.54, 1.807) is 0 Å². The molecular formula is C20H15ClF3NO4S. The molecule has 0 aliphatic rings. The molecule has 5 nitrogen and oxygen atoms in total. The van der Waals surface area contributed by atoms with E-state index >= 15 is 0 Å². The summed E-state index contributed by atoms with van der Waals surface area (Å²) in [7, 11) is -4.94. The Morgan fingerprint density at radius 1 is 1.17 bits per heavy atom. The summed E-state index contributed by atoms with van der Waals surface area (Å²) in [5, 5.41) is 6.84. The molecule has 2 aromatic carbocycles. The molecule has 30 heavy (non-hydrogen) atoms. The zero-order valence-electron chi connectivity index (χ0n) is 15.2. The van der Waals surface area contributed by atoms with E-state index in [4.69, 9.17) is 16.7 Å². The Hall–Kier alpha value is -2.78. The Morgan fingerprint density at radius 3 is 2.33 bits per heavy atom. The van der Waals surface area contributed by atoms with Crippen molar-refractivity contribution in [3.63, 3.8) is 0 Å². The van der Waals surface area contributed by atoms with E-state index in [9.17, 15) is 26.4 Å². The lowest BCUT2D eigenvalue weighted by Gasteiger charge is -2.20. The van der Waals surface area contributed by atoms with Gasteiger partial charge in [0, 0.05) is 22.5 Å². The van der Waals surface area contributed by atoms with E-state index in [-0.39, 0.29) is 23.2 Å². The van der Waals surface area contributed by atoms with Crippen LogP contribution in [-0.4, -0.2) is 34.9 Å². The number of carbonyl (C=O) groups is 1. The zero-order chi connectivity index (χ0) is 22.3. The predicted molar refractivity (Wildman–Crippen MR) is 108 cm³/mol. The lowest BCUT2D eigenvalue weighted by Crippen LogP contribution is -2.38. The maximum atomic E-state index is 13.4. The van der Waals surface area contributed by atoms with Crippen molar-refractivity contribution in [1.29, 1.82) is 0 Å². The molecule has 3 aromatic rings. The fourth-order valence-corrected chi connectivity index (χ4v) is 5.03. The van der Waals surface area contributed by atoms with Gasteiger partial charge in [0.1, 0.15) is 0 Å². The molecule has 1 heterocycles. The van der Waals surface area contributed by atoms with Crippen LogP contribution >= 0.6 is 11.6 Å². The summed E-state index contributed by atoms with van der Waals surface area (Å²) in [5.41, 5.74) is 0.675. The van der Waals surface area contributed by atoms with Crippen molar-refractivity contribution in [2.75, 3.05) is 0 Å². The molecule has 10 heteroatoms. The van der Waals surface area contributed by atoms with E-state index in [2.05, 4.69) is 6.58 Å². The number of alkyl halides is 3. The third-order valence-electron chi connectivity index (χ3n) is 4.49. The quantitative estimate of drug-likeness (QED) is 0.535. The molecule has 0 amide bonds. The first kappa shape index (κ1) is 21.9. The fraction of sp³-hybridized carbons (Fsp3) is 0.150. The first-order valence-electron chi connectivity index (χ1n) is 8.51. The zero-order valence-corrected chi connectivity index (χ0v) is 16.8. The second-order valence-electron chi connectivity index (χ2n) is 6.52. The van der Waals surface area contributed by atoms with Crippen LogP contribution in [0.2, 0.25) is 5.02 Å². The monoisotopic (exact) mass is 457 g/mol. The van der Waals surface area contributed by atoms with Gasteiger partial charge in [-0.3, -0.25) is 0 Å². The average Bonchev–Trinajstić information content (AvgIpc) is 2.98. The number of nitrogens with zero attached hydrogens (tertiary/aromatic N) is 1. The third-order valence-corrected chi connectivity index (χ3v) is 6.77. The second-order valence-corrected chi connectivity index (χ2v) is 8.86. The van der Waals surface area contributed by atoms with E-state index in [1.165, 1.54) is 48.5 Å². The highest BCUT2D eigenvalue weighted by molar-refractivity contribution is 7.91. The summed E-state index contributed by atoms with van der Waals surface area (Å²) in [6.45, 7) is 3.05. The number of halogens is 4. The van der Waals surface area contributed by atoms with Crippen LogP contribution in [0, 0.1) is 0 Å². The molecule has 1 N–H and O–H groups in total. The first-order chi connectivity index (χ1) is 13.9. The Labute approximate surface area is 175 Å². The van der Waals surface area contributed by atoms with E-state index < -0.39 is 27.4 Å². The lowest BCUT2D eigenvalue weighted by molar-refractivity contribution is -0.121. The number of aromatic nitrogens is 1. The van der Waals surface area contributed by atoms with Crippen LogP contribution in [0.25, 0.3) is 10.9 Å². The van der Waals surface area contributed by atoms with Crippen molar-refractivity contribution >= 4 is 38.5 Å². The largest absolute Gasteiger partial charge is 0.478 e. The summed E-state index contributed by atoms with van der Waals surface area (Å²) in [6.07, 6.45) is -4.75. The van der Waals surface area contributed by atoms with E-state index in [0.29, 0.717) is 26.0 Å². The van der Waals surface area contributed by atoms with Gasteiger partial charge in [-0.2, -0.15) is 13.2 Å². The molecule has 0 fully saturated rings. The van der Waals surface area contributed by atoms with Crippen molar-refractivity contribution < 1.29 is 31.5 Å². The van der Waals surface area contributed by atoms with Gasteiger partial charge in [-0.25, -0.2) is 17.2 Å². The van der Waals surface area contributed by atoms with Gasteiger partial charge in [0.25, 0.3) is 10.0 Å². The van der Waals surface area contributed by atoms with Gasteiger partial charge in [-0.05, 0) is 42.0 Å². The number of carboxylic acid groups (broad SMARTS) is 1. The van der Waals surface area contributed by atoms with Crippen LogP contribution in [0.15, 0.2) is 61.2 Å². The molecule has 1 atom stereocenters. The van der Waals surface area contributed by atoms with Crippen LogP contribution in [-0.2, 0) is 16.4 Å². The third kappa shape index (κ3) is 4.08. The van der Waals surface area contributed by atoms with Crippen LogP contribution in [0.3, 0.4) is 0 Å². The number of rotatable bonds is 6. The fourth-order valence-electron chi connectivity index (χ4n) is 3.15. The van der Waals surface area contributed by atoms with Crippen LogP contribution < -0.4 is 0 Å². The Bertz CT molecular complexity index is 1230. The second kappa shape index (κ2) is 7.81. The average molecular weight is 458 g/mol. The molecule has 1 unspecified atom stereocenters. The summed E-state index contributed by atoms with van der Waals surface area (Å²) >= 11 is 5.95. The maximum absolute atomic E-state index is 13.4. The molecule has 0 aliphatic carbocycles. The number of aromatic carboxylic acids is 1. The highest BCUT2D eigenvalue weighted by atomic mass is 35.5. The van der Waals surface area contributed by atoms with Gasteiger partial charge in [-0.15, -0.1) is 6.58 Å². The summed E-state index contributed by atoms with van der Waals surface area (Å²) in [4.78, 5) is 11.0. The molecule has 1 aromatic heterocycles. The molecular weight excluding hydrogens is 443 g/mol. The van der Waals surface area contributed by atoms with Gasteiger partial charge < -0.3 is 5.11 Å². The van der Waals surface area contributed by atoms with Gasteiger partial charge in [-0.1, -0.05) is 29.8 Å². The number of benzene rings is 2. The van der Waals surface area contributed by atoms with E-state index in [1.807, 2.05) is 0 Å². The Kier molecular flexibility index (Phi) is 5.70. The molecule has 0 bridgehead atoms. The Balaban J connectivity index is 2.19. The van der Waals surface area contributed by atoms with Crippen LogP contribution in [0.4, 0.5) is 13.2 Å². The van der Waals surface area contributed by atoms with Gasteiger partial charge in [0.2, 0.25) is 0 Å². The highest BCUT2D eigenvalue weighted by Crippen LogP contribution is 2.33. The SMILES string of the molecule is C=CC(C(F)(F)F)S(=O)(=O)n1c(Cc2ccc(C(=O)O)cc2)cc2cc(Cl)ccc21. The number of hydrogen-bond acceptors (Lipinski definition) is 3. The minimum atomic E-state index is -5.05. The topological polar surface area (TPSA) is 76.4 Å². The molecule has 158 valence electrons. The first-order valence-corrected chi connectivity index (χ1v) is 10.4. The summed E-state index contributed by atoms with van der Waals surface area (Å²) in [5.74, 6) is -1.13. The number of carboxylic acids is 1. The standard InChI is InChI=1S/C20H15ClF3NO4S/c1-2-18(20(22,23)24)30(28,29)25-16(11-14-10-15(21)7-8-17(14)25)9-12-3-5-13(6-4-12)19(26)27/h2-8,10-11,18H,1,9H2,(H,26,27). The van der Waals surface area contributed by atoms with Gasteiger partial charge in [0.05, 0.1) is 11.1 Å². The van der Waals surface area contributed by atoms with Gasteiger partial charge in [0.15, 0.2) is 5.25 Å². The van der Waals surface area contributed by atoms with Crippen molar-refractivity contribution in [1.82, 2.24) is 3.97 Å². The molecule has 0 spiro atoms. The molecule has 3 rings (SSSR count). The molecule has 0 aliphatic heterocycles. The minimum absolute atomic E-state index is 0.0301. The predicted octanol–water partition coefficient (Wildman–Crippen LogP) is 4.88. The lowest BCUT2D eigenvalue weighted by atomic mass is 10.1. The van der Waals surface area contributed by atoms with Crippen molar-refractivity contribution in [2.24, 2.45) is 0 Å². The highest BCUT2D eigenvalue weighted by Gasteiger charge is 2.48. The normalized spacial score (nSPS) is 13.3. The van der Waals surface area contributed by atoms with Gasteiger partial charge >= 0.3 is 12.1 Å². The molecule has 0 radical (unpaired) electrons. The molecule has 0 saturated carbocycles. The smallest absolute Gasteiger partial charge is 0.410 e. The van der Waals surface area contributed by atoms with Crippen molar-refractivity contribution in [3.8, 4) is 0 Å². The van der Waals surface area contributed by atoms with Crippen LogP contribution in [0.1, 0.15) is 21.6 Å². The number of fused-ring (bicyclic) bond motifs is 1. The summed E-state index contributed by atoms with van der Waals surface area (Å²) < 4.78 is 66.9. The van der Waals surface area contributed by atoms with Crippen molar-refractivity contribution in [3.05, 3.63) is 83.0 Å². The summed E-state index contributed by atoms with van der Waals surface area (Å²) in [6, 6.07) is 11.2. The maximum Gasteiger partial charge on any atom is 0.410 e.